The summed E-state index contributed by atoms with van der Waals surface area (Å²) in [7, 11) is 0. The number of thiazole rings is 1. The Balaban J connectivity index is 2.67. The van der Waals surface area contributed by atoms with Crippen molar-refractivity contribution in [3.8, 4) is 0 Å². The zero-order valence-corrected chi connectivity index (χ0v) is 6.64. The van der Waals surface area contributed by atoms with Crippen molar-refractivity contribution in [2.24, 2.45) is 0 Å². The Kier molecular flexibility index (Phi) is 1.60. The Hall–Kier alpha value is -0.930. The number of benzene rings is 1. The van der Waals surface area contributed by atoms with Crippen LogP contribution in [0.5, 0.6) is 0 Å². The molecule has 1 aromatic carbocycles. The van der Waals surface area contributed by atoms with Gasteiger partial charge in [0, 0.05) is 0 Å². The predicted octanol–water partition coefficient (Wildman–Crippen LogP) is 1.79. The second-order valence-electron chi connectivity index (χ2n) is 2.31. The smallest absolute Gasteiger partial charge is 0.0812 e. The third-order valence-corrected chi connectivity index (χ3v) is 2.37. The lowest BCUT2D eigenvalue weighted by Gasteiger charge is -1.93. The molecule has 0 aliphatic rings. The molecule has 0 aliphatic carbocycles. The van der Waals surface area contributed by atoms with Crippen LogP contribution in [0.4, 0.5) is 0 Å². The number of fused-ring (bicyclic) bond motifs is 1. The molecule has 2 nitrogen and oxygen atoms in total. The number of hydrogen-bond donors (Lipinski definition) is 1. The van der Waals surface area contributed by atoms with Crippen LogP contribution in [0.1, 0.15) is 5.56 Å². The molecule has 56 valence electrons. The van der Waals surface area contributed by atoms with E-state index in [4.69, 9.17) is 5.11 Å². The second-order valence-corrected chi connectivity index (χ2v) is 3.20. The number of aliphatic hydroxyl groups is 1. The SMILES string of the molecule is OCc1ccc2ncsc2c1. The van der Waals surface area contributed by atoms with E-state index in [0.29, 0.717) is 0 Å². The van der Waals surface area contributed by atoms with E-state index in [1.807, 2.05) is 23.7 Å². The van der Waals surface area contributed by atoms with Crippen LogP contribution in [0.2, 0.25) is 0 Å². The first kappa shape index (κ1) is 6.76. The Morgan fingerprint density at radius 2 is 2.36 bits per heavy atom. The Morgan fingerprint density at radius 1 is 1.45 bits per heavy atom. The molecular formula is C8H7NOS. The average molecular weight is 165 g/mol. The average Bonchev–Trinajstić information content (AvgIpc) is 2.50. The Morgan fingerprint density at radius 3 is 3.18 bits per heavy atom. The summed E-state index contributed by atoms with van der Waals surface area (Å²) < 4.78 is 1.14. The van der Waals surface area contributed by atoms with Crippen LogP contribution in [0, 0.1) is 0 Å². The van der Waals surface area contributed by atoms with Crippen molar-refractivity contribution < 1.29 is 5.11 Å². The van der Waals surface area contributed by atoms with Gasteiger partial charge < -0.3 is 5.11 Å². The Labute approximate surface area is 68.1 Å². The Bertz CT molecular complexity index is 369. The molecule has 2 aromatic rings. The highest BCUT2D eigenvalue weighted by atomic mass is 32.1. The van der Waals surface area contributed by atoms with Crippen LogP contribution < -0.4 is 0 Å². The van der Waals surface area contributed by atoms with Gasteiger partial charge in [0.2, 0.25) is 0 Å². The van der Waals surface area contributed by atoms with Crippen molar-refractivity contribution in [2.45, 2.75) is 6.61 Å². The van der Waals surface area contributed by atoms with Crippen molar-refractivity contribution in [2.75, 3.05) is 0 Å². The van der Waals surface area contributed by atoms with Gasteiger partial charge in [-0.2, -0.15) is 0 Å². The topological polar surface area (TPSA) is 33.1 Å². The minimum Gasteiger partial charge on any atom is -0.392 e. The zero-order valence-electron chi connectivity index (χ0n) is 5.82. The van der Waals surface area contributed by atoms with E-state index in [0.717, 1.165) is 15.8 Å². The first-order valence-corrected chi connectivity index (χ1v) is 4.21. The van der Waals surface area contributed by atoms with E-state index < -0.39 is 0 Å². The molecule has 0 aliphatic heterocycles. The van der Waals surface area contributed by atoms with E-state index in [1.54, 1.807) is 11.3 Å². The van der Waals surface area contributed by atoms with E-state index in [2.05, 4.69) is 4.98 Å². The van der Waals surface area contributed by atoms with E-state index in [1.165, 1.54) is 0 Å². The molecule has 0 saturated carbocycles. The molecule has 0 spiro atoms. The van der Waals surface area contributed by atoms with Gasteiger partial charge in [0.15, 0.2) is 0 Å². The number of nitrogens with zero attached hydrogens (tertiary/aromatic N) is 1. The van der Waals surface area contributed by atoms with Crippen LogP contribution in [-0.2, 0) is 6.61 Å². The molecule has 0 radical (unpaired) electrons. The summed E-state index contributed by atoms with van der Waals surface area (Å²) in [6, 6.07) is 5.78. The van der Waals surface area contributed by atoms with Gasteiger partial charge >= 0.3 is 0 Å². The summed E-state index contributed by atoms with van der Waals surface area (Å²) in [5.41, 5.74) is 3.76. The van der Waals surface area contributed by atoms with Crippen molar-refractivity contribution in [3.05, 3.63) is 29.3 Å². The highest BCUT2D eigenvalue weighted by molar-refractivity contribution is 7.16. The number of aliphatic hydroxyl groups excluding tert-OH is 1. The number of hydrogen-bond acceptors (Lipinski definition) is 3. The lowest BCUT2D eigenvalue weighted by molar-refractivity contribution is 0.282. The highest BCUT2D eigenvalue weighted by Gasteiger charge is 1.96. The lowest BCUT2D eigenvalue weighted by atomic mass is 10.2. The molecule has 0 amide bonds. The summed E-state index contributed by atoms with van der Waals surface area (Å²) in [6.07, 6.45) is 0. The summed E-state index contributed by atoms with van der Waals surface area (Å²) in [6.45, 7) is 0.105. The fourth-order valence-corrected chi connectivity index (χ4v) is 1.74. The standard InChI is InChI=1S/C8H7NOS/c10-4-6-1-2-7-8(3-6)11-5-9-7/h1-3,5,10H,4H2. The minimum absolute atomic E-state index is 0.105. The maximum atomic E-state index is 8.82. The van der Waals surface area contributed by atoms with Gasteiger partial charge in [-0.1, -0.05) is 6.07 Å². The third-order valence-electron chi connectivity index (χ3n) is 1.58. The fourth-order valence-electron chi connectivity index (χ4n) is 0.998. The maximum absolute atomic E-state index is 8.82. The van der Waals surface area contributed by atoms with Gasteiger partial charge in [-0.25, -0.2) is 4.98 Å². The summed E-state index contributed by atoms with van der Waals surface area (Å²) in [5.74, 6) is 0. The first-order chi connectivity index (χ1) is 5.40. The molecule has 0 unspecified atom stereocenters. The van der Waals surface area contributed by atoms with Crippen molar-refractivity contribution >= 4 is 21.6 Å². The number of aromatic nitrogens is 1. The third kappa shape index (κ3) is 1.13. The fraction of sp³-hybridized carbons (Fsp3) is 0.125. The van der Waals surface area contributed by atoms with E-state index >= 15 is 0 Å². The quantitative estimate of drug-likeness (QED) is 0.698. The first-order valence-electron chi connectivity index (χ1n) is 3.33. The van der Waals surface area contributed by atoms with Gasteiger partial charge in [-0.05, 0) is 17.7 Å². The lowest BCUT2D eigenvalue weighted by Crippen LogP contribution is -1.80. The van der Waals surface area contributed by atoms with Crippen molar-refractivity contribution in [1.29, 1.82) is 0 Å². The van der Waals surface area contributed by atoms with Crippen LogP contribution in [0.15, 0.2) is 23.7 Å². The molecule has 1 aromatic heterocycles. The van der Waals surface area contributed by atoms with Crippen LogP contribution in [0.3, 0.4) is 0 Å². The van der Waals surface area contributed by atoms with Gasteiger partial charge in [0.05, 0.1) is 22.3 Å². The molecular weight excluding hydrogens is 158 g/mol. The maximum Gasteiger partial charge on any atom is 0.0812 e. The molecule has 3 heteroatoms. The second kappa shape index (κ2) is 2.60. The molecule has 1 N–H and O–H groups in total. The van der Waals surface area contributed by atoms with Crippen LogP contribution in [-0.4, -0.2) is 10.1 Å². The molecule has 11 heavy (non-hydrogen) atoms. The molecule has 0 atom stereocenters. The predicted molar refractivity (Wildman–Crippen MR) is 45.5 cm³/mol. The van der Waals surface area contributed by atoms with Crippen LogP contribution in [0.25, 0.3) is 10.2 Å². The molecule has 0 saturated heterocycles. The number of rotatable bonds is 1. The summed E-state index contributed by atoms with van der Waals surface area (Å²) >= 11 is 1.59. The van der Waals surface area contributed by atoms with Crippen molar-refractivity contribution in [3.63, 3.8) is 0 Å². The summed E-state index contributed by atoms with van der Waals surface area (Å²) in [5, 5.41) is 8.82. The normalized spacial score (nSPS) is 10.6. The molecule has 0 fully saturated rings. The monoisotopic (exact) mass is 165 g/mol. The molecule has 1 heterocycles. The van der Waals surface area contributed by atoms with Gasteiger partial charge in [-0.3, -0.25) is 0 Å². The largest absolute Gasteiger partial charge is 0.392 e. The van der Waals surface area contributed by atoms with Gasteiger partial charge in [-0.15, -0.1) is 11.3 Å². The zero-order chi connectivity index (χ0) is 7.68. The van der Waals surface area contributed by atoms with Gasteiger partial charge in [0.25, 0.3) is 0 Å². The molecule has 2 rings (SSSR count). The highest BCUT2D eigenvalue weighted by Crippen LogP contribution is 2.18. The van der Waals surface area contributed by atoms with Crippen LogP contribution >= 0.6 is 11.3 Å². The van der Waals surface area contributed by atoms with Gasteiger partial charge in [0.1, 0.15) is 0 Å². The summed E-state index contributed by atoms with van der Waals surface area (Å²) in [4.78, 5) is 4.13. The minimum atomic E-state index is 0.105. The molecule has 0 bridgehead atoms. The van der Waals surface area contributed by atoms with Crippen molar-refractivity contribution in [1.82, 2.24) is 4.98 Å². The van der Waals surface area contributed by atoms with E-state index in [9.17, 15) is 0 Å². The van der Waals surface area contributed by atoms with E-state index in [-0.39, 0.29) is 6.61 Å².